The van der Waals surface area contributed by atoms with Crippen molar-refractivity contribution in [2.24, 2.45) is 0 Å². The van der Waals surface area contributed by atoms with E-state index >= 15 is 0 Å². The summed E-state index contributed by atoms with van der Waals surface area (Å²) < 4.78 is 12.5. The van der Waals surface area contributed by atoms with E-state index in [0.717, 1.165) is 41.4 Å². The van der Waals surface area contributed by atoms with Crippen LogP contribution in [0.3, 0.4) is 0 Å². The van der Waals surface area contributed by atoms with Gasteiger partial charge in [-0.1, -0.05) is 48.5 Å². The van der Waals surface area contributed by atoms with Crippen molar-refractivity contribution in [3.05, 3.63) is 71.8 Å². The van der Waals surface area contributed by atoms with Crippen LogP contribution in [0.4, 0.5) is 0 Å². The highest BCUT2D eigenvalue weighted by Crippen LogP contribution is 2.46. The first kappa shape index (κ1) is 18.9. The number of benzene rings is 4. The van der Waals surface area contributed by atoms with Gasteiger partial charge in [-0.3, -0.25) is 0 Å². The third kappa shape index (κ3) is 3.39. The number of rotatable bonds is 2. The maximum absolute atomic E-state index is 6.24. The number of ether oxygens (including phenoxy) is 2. The van der Waals surface area contributed by atoms with Crippen LogP contribution >= 0.6 is 18.5 Å². The Labute approximate surface area is 176 Å². The van der Waals surface area contributed by atoms with Crippen molar-refractivity contribution in [2.45, 2.75) is 18.7 Å². The molecule has 0 N–H and O–H groups in total. The first-order chi connectivity index (χ1) is 14.3. The summed E-state index contributed by atoms with van der Waals surface area (Å²) in [7, 11) is 5.62. The fourth-order valence-electron chi connectivity index (χ4n) is 4.15. The summed E-state index contributed by atoms with van der Waals surface area (Å²) in [6.07, 6.45) is 2.76. The molecule has 0 saturated heterocycles. The van der Waals surface area contributed by atoms with Crippen LogP contribution in [0.15, 0.2) is 60.7 Å². The number of hydrogen-bond donors (Lipinski definition) is 0. The molecule has 0 aromatic heterocycles. The lowest BCUT2D eigenvalue weighted by molar-refractivity contribution is 0.252. The van der Waals surface area contributed by atoms with Gasteiger partial charge in [-0.2, -0.15) is 0 Å². The molecule has 1 aliphatic rings. The monoisotopic (exact) mass is 418 g/mol. The molecule has 2 atom stereocenters. The lowest BCUT2D eigenvalue weighted by atomic mass is 9.91. The molecule has 0 radical (unpaired) electrons. The maximum Gasteiger partial charge on any atom is 0.127 e. The third-order valence-electron chi connectivity index (χ3n) is 5.62. The molecular formula is C25H24O2P2. The summed E-state index contributed by atoms with van der Waals surface area (Å²) in [5.41, 5.74) is 4.90. The van der Waals surface area contributed by atoms with Gasteiger partial charge in [-0.15, -0.1) is 18.5 Å². The average molecular weight is 418 g/mol. The predicted octanol–water partition coefficient (Wildman–Crippen LogP) is 6.57. The van der Waals surface area contributed by atoms with Crippen LogP contribution in [0.25, 0.3) is 32.7 Å². The fraction of sp³-hybridized carbons (Fsp3) is 0.200. The van der Waals surface area contributed by atoms with Crippen LogP contribution < -0.4 is 9.47 Å². The topological polar surface area (TPSA) is 18.5 Å². The van der Waals surface area contributed by atoms with E-state index in [-0.39, 0.29) is 0 Å². The first-order valence-electron chi connectivity index (χ1n) is 10.1. The van der Waals surface area contributed by atoms with Gasteiger partial charge >= 0.3 is 0 Å². The van der Waals surface area contributed by atoms with Crippen molar-refractivity contribution in [1.82, 2.24) is 0 Å². The van der Waals surface area contributed by atoms with Crippen molar-refractivity contribution in [2.75, 3.05) is 13.2 Å². The Bertz CT molecular complexity index is 1120. The van der Waals surface area contributed by atoms with E-state index in [0.29, 0.717) is 13.2 Å². The van der Waals surface area contributed by atoms with E-state index in [1.165, 1.54) is 32.7 Å². The summed E-state index contributed by atoms with van der Waals surface area (Å²) >= 11 is 0. The van der Waals surface area contributed by atoms with Gasteiger partial charge in [0, 0.05) is 17.5 Å². The molecule has 4 heteroatoms. The molecule has 0 spiro atoms. The summed E-state index contributed by atoms with van der Waals surface area (Å²) in [4.78, 5) is 0. The molecule has 4 aromatic carbocycles. The van der Waals surface area contributed by atoms with Crippen molar-refractivity contribution in [3.63, 3.8) is 0 Å². The summed E-state index contributed by atoms with van der Waals surface area (Å²) in [6.45, 7) is 1.32. The molecule has 29 heavy (non-hydrogen) atoms. The molecule has 0 amide bonds. The molecule has 146 valence electrons. The van der Waals surface area contributed by atoms with E-state index < -0.39 is 0 Å². The molecule has 2 nitrogen and oxygen atoms in total. The van der Waals surface area contributed by atoms with Gasteiger partial charge in [-0.05, 0) is 57.1 Å². The second kappa shape index (κ2) is 7.94. The first-order valence-corrected chi connectivity index (χ1v) is 11.7. The van der Waals surface area contributed by atoms with E-state index in [1.54, 1.807) is 0 Å². The van der Waals surface area contributed by atoms with E-state index in [4.69, 9.17) is 9.47 Å². The Morgan fingerprint density at radius 3 is 1.55 bits per heavy atom. The van der Waals surface area contributed by atoms with Crippen molar-refractivity contribution in [1.29, 1.82) is 0 Å². The van der Waals surface area contributed by atoms with Crippen LogP contribution in [0.1, 0.15) is 17.5 Å². The average Bonchev–Trinajstić information content (AvgIpc) is 2.86. The van der Waals surface area contributed by atoms with Crippen molar-refractivity contribution >= 4 is 40.0 Å². The Balaban J connectivity index is 1.89. The highest BCUT2D eigenvalue weighted by Gasteiger charge is 2.20. The van der Waals surface area contributed by atoms with Crippen LogP contribution in [0, 0.1) is 0 Å². The molecule has 2 unspecified atom stereocenters. The summed E-state index contributed by atoms with van der Waals surface area (Å²) in [5, 5.41) is 4.88. The molecule has 0 aliphatic carbocycles. The summed E-state index contributed by atoms with van der Waals surface area (Å²) in [5.74, 6) is 1.87. The minimum Gasteiger partial charge on any atom is -0.493 e. The zero-order chi connectivity index (χ0) is 19.8. The maximum atomic E-state index is 6.24. The van der Waals surface area contributed by atoms with Crippen molar-refractivity contribution < 1.29 is 9.47 Å². The van der Waals surface area contributed by atoms with E-state index in [2.05, 4.69) is 79.1 Å². The molecule has 0 saturated carbocycles. The Morgan fingerprint density at radius 1 is 0.621 bits per heavy atom. The van der Waals surface area contributed by atoms with Gasteiger partial charge in [0.1, 0.15) is 11.5 Å². The van der Waals surface area contributed by atoms with Crippen LogP contribution in [-0.4, -0.2) is 13.2 Å². The minimum atomic E-state index is 0.658. The Hall–Kier alpha value is -2.14. The van der Waals surface area contributed by atoms with Crippen LogP contribution in [0.2, 0.25) is 0 Å². The highest BCUT2D eigenvalue weighted by atomic mass is 31.0. The molecule has 0 fully saturated rings. The Kier molecular flexibility index (Phi) is 5.17. The number of fused-ring (bicyclic) bond motifs is 7. The van der Waals surface area contributed by atoms with Gasteiger partial charge in [0.05, 0.1) is 13.2 Å². The SMILES string of the molecule is PCc1ccc2c3c(ccc2c1)OCCCOc1ccc2cc(CP)ccc2c1-3. The van der Waals surface area contributed by atoms with Gasteiger partial charge < -0.3 is 9.47 Å². The normalized spacial score (nSPS) is 13.6. The molecule has 4 aromatic rings. The smallest absolute Gasteiger partial charge is 0.127 e. The molecular weight excluding hydrogens is 394 g/mol. The van der Waals surface area contributed by atoms with Gasteiger partial charge in [-0.25, -0.2) is 0 Å². The quantitative estimate of drug-likeness (QED) is 0.343. The minimum absolute atomic E-state index is 0.658. The second-order valence-electron chi connectivity index (χ2n) is 7.45. The lowest BCUT2D eigenvalue weighted by Gasteiger charge is -2.18. The number of hydrogen-bond acceptors (Lipinski definition) is 2. The lowest BCUT2D eigenvalue weighted by Crippen LogP contribution is -2.03. The zero-order valence-electron chi connectivity index (χ0n) is 16.3. The molecule has 1 heterocycles. The predicted molar refractivity (Wildman–Crippen MR) is 129 cm³/mol. The van der Waals surface area contributed by atoms with Crippen LogP contribution in [0.5, 0.6) is 11.5 Å². The van der Waals surface area contributed by atoms with Gasteiger partial charge in [0.2, 0.25) is 0 Å². The fourth-order valence-corrected chi connectivity index (χ4v) is 4.66. The second-order valence-corrected chi connectivity index (χ2v) is 8.26. The van der Waals surface area contributed by atoms with Crippen LogP contribution in [-0.2, 0) is 12.3 Å². The van der Waals surface area contributed by atoms with E-state index in [9.17, 15) is 0 Å². The van der Waals surface area contributed by atoms with E-state index in [1.807, 2.05) is 0 Å². The third-order valence-corrected chi connectivity index (χ3v) is 6.56. The summed E-state index contributed by atoms with van der Waals surface area (Å²) in [6, 6.07) is 22.0. The van der Waals surface area contributed by atoms with Gasteiger partial charge in [0.15, 0.2) is 0 Å². The Morgan fingerprint density at radius 2 is 1.10 bits per heavy atom. The highest BCUT2D eigenvalue weighted by molar-refractivity contribution is 7.15. The zero-order valence-corrected chi connectivity index (χ0v) is 18.6. The van der Waals surface area contributed by atoms with Gasteiger partial charge in [0.25, 0.3) is 0 Å². The standard InChI is InChI=1S/C25H24O2P2/c28-14-16-2-6-20-18(12-16)4-8-22-24(20)25-21-7-3-17(15-29)13-19(21)5-9-23(25)27-11-1-10-26-22/h2-9,12-13H,1,10-11,14-15,28-29H2. The molecule has 0 bridgehead atoms. The molecule has 5 rings (SSSR count). The largest absolute Gasteiger partial charge is 0.493 e. The molecule has 1 aliphatic heterocycles. The van der Waals surface area contributed by atoms with Crippen molar-refractivity contribution in [3.8, 4) is 22.6 Å².